The lowest BCUT2D eigenvalue weighted by atomic mass is 10.0. The first kappa shape index (κ1) is 30.8. The number of carbonyl (C=O) groups is 2. The largest absolute Gasteiger partial charge is 0.506 e. The molecule has 15 heteroatoms. The zero-order chi connectivity index (χ0) is 32.3. The van der Waals surface area contributed by atoms with E-state index in [-0.39, 0.29) is 56.4 Å². The Balaban J connectivity index is 1.40. The van der Waals surface area contributed by atoms with Crippen molar-refractivity contribution in [2.24, 2.45) is 11.7 Å². The van der Waals surface area contributed by atoms with Gasteiger partial charge in [-0.05, 0) is 37.6 Å². The lowest BCUT2D eigenvalue weighted by Gasteiger charge is -2.39. The molecule has 4 N–H and O–H groups in total. The van der Waals surface area contributed by atoms with E-state index in [1.807, 2.05) is 25.8 Å². The molecule has 6 rings (SSSR count). The van der Waals surface area contributed by atoms with E-state index in [0.717, 1.165) is 13.1 Å². The fourth-order valence-corrected chi connectivity index (χ4v) is 6.54. The minimum Gasteiger partial charge on any atom is -0.506 e. The molecule has 3 aromatic heterocycles. The van der Waals surface area contributed by atoms with Crippen LogP contribution in [0.4, 0.5) is 15.9 Å². The Labute approximate surface area is 267 Å². The molecule has 0 radical (unpaired) electrons. The minimum atomic E-state index is -0.907. The number of anilines is 2. The van der Waals surface area contributed by atoms with E-state index in [9.17, 15) is 23.9 Å². The molecule has 12 nitrogen and oxygen atoms in total. The van der Waals surface area contributed by atoms with Crippen molar-refractivity contribution in [1.29, 1.82) is 0 Å². The van der Waals surface area contributed by atoms with E-state index in [1.165, 1.54) is 16.7 Å². The zero-order valence-corrected chi connectivity index (χ0v) is 26.3. The molecule has 236 valence electrons. The van der Waals surface area contributed by atoms with Gasteiger partial charge in [-0.2, -0.15) is 4.39 Å². The Morgan fingerprint density at radius 1 is 1.16 bits per heavy atom. The van der Waals surface area contributed by atoms with Gasteiger partial charge in [-0.1, -0.05) is 30.1 Å². The van der Waals surface area contributed by atoms with Gasteiger partial charge in [-0.3, -0.25) is 19.0 Å². The maximum Gasteiger partial charge on any atom is 0.263 e. The number of fused-ring (bicyclic) bond motifs is 2. The first-order valence-corrected chi connectivity index (χ1v) is 15.1. The normalized spacial score (nSPS) is 18.4. The molecule has 1 saturated heterocycles. The topological polar surface area (TPSA) is 152 Å². The summed E-state index contributed by atoms with van der Waals surface area (Å²) in [6, 6.07) is 4.35. The van der Waals surface area contributed by atoms with Gasteiger partial charge in [0.1, 0.15) is 34.6 Å². The summed E-state index contributed by atoms with van der Waals surface area (Å²) in [5, 5.41) is 12.7. The maximum absolute atomic E-state index is 14.9. The summed E-state index contributed by atoms with van der Waals surface area (Å²) >= 11 is 12.5. The summed E-state index contributed by atoms with van der Waals surface area (Å²) in [4.78, 5) is 52.2. The van der Waals surface area contributed by atoms with Gasteiger partial charge in [-0.25, -0.2) is 9.97 Å². The molecule has 1 fully saturated rings. The van der Waals surface area contributed by atoms with E-state index in [1.54, 1.807) is 16.8 Å². The van der Waals surface area contributed by atoms with Crippen molar-refractivity contribution in [1.82, 2.24) is 24.0 Å². The number of rotatable bonds is 6. The van der Waals surface area contributed by atoms with Gasteiger partial charge < -0.3 is 30.5 Å². The molecule has 2 atom stereocenters. The fraction of sp³-hybridized carbons (Fsp3) is 0.367. The fourth-order valence-electron chi connectivity index (χ4n) is 6.17. The summed E-state index contributed by atoms with van der Waals surface area (Å²) < 4.78 is 18.0. The molecule has 1 aromatic carbocycles. The standard InChI is InChI=1S/C30H31Cl2FN8O4/c1-14-6-21-37-29-24(30(45)41(21)10-14)18(16-7-17(28(34)44)26(43)19(31)8-16)12-39(29)13-23(42)35-20-9-22(36-27(33)25(20)32)40-5-4-38(3)11-15(40)2/h7-9,12,14-15,43H,4-6,10-11,13H2,1-3H3,(H2,34,44)(H,35,36,42). The predicted molar refractivity (Wildman–Crippen MR) is 170 cm³/mol. The molecule has 0 saturated carbocycles. The van der Waals surface area contributed by atoms with Gasteiger partial charge in [0, 0.05) is 56.5 Å². The van der Waals surface area contributed by atoms with Crippen molar-refractivity contribution >= 4 is 57.6 Å². The van der Waals surface area contributed by atoms with Crippen LogP contribution in [-0.2, 0) is 24.3 Å². The van der Waals surface area contributed by atoms with Crippen molar-refractivity contribution in [2.45, 2.75) is 39.4 Å². The van der Waals surface area contributed by atoms with Crippen LogP contribution in [0.3, 0.4) is 0 Å². The number of pyridine rings is 1. The van der Waals surface area contributed by atoms with Crippen molar-refractivity contribution < 1.29 is 19.1 Å². The van der Waals surface area contributed by atoms with Gasteiger partial charge in [-0.15, -0.1) is 0 Å². The molecular formula is C30H31Cl2FN8O4. The Morgan fingerprint density at radius 3 is 2.62 bits per heavy atom. The van der Waals surface area contributed by atoms with Crippen LogP contribution in [0.25, 0.3) is 22.2 Å². The quantitative estimate of drug-likeness (QED) is 0.267. The SMILES string of the molecule is CC1Cc2nc3c(c(-c4cc(Cl)c(O)c(C(N)=O)c4)cn3CC(=O)Nc3cc(N4CCN(C)CC4C)nc(F)c3Cl)c(=O)n2C1. The van der Waals surface area contributed by atoms with E-state index in [4.69, 9.17) is 33.9 Å². The number of nitrogens with one attached hydrogen (secondary N) is 1. The average molecular weight is 658 g/mol. The lowest BCUT2D eigenvalue weighted by Crippen LogP contribution is -2.50. The molecule has 0 spiro atoms. The maximum atomic E-state index is 14.9. The van der Waals surface area contributed by atoms with E-state index in [2.05, 4.69) is 15.2 Å². The number of benzene rings is 1. The molecular weight excluding hydrogens is 626 g/mol. The number of piperazine rings is 1. The van der Waals surface area contributed by atoms with Crippen molar-refractivity contribution in [3.8, 4) is 16.9 Å². The zero-order valence-electron chi connectivity index (χ0n) is 24.8. The number of halogens is 3. The van der Waals surface area contributed by atoms with Crippen LogP contribution in [0.2, 0.25) is 10.0 Å². The van der Waals surface area contributed by atoms with Crippen molar-refractivity contribution in [3.63, 3.8) is 0 Å². The van der Waals surface area contributed by atoms with Crippen LogP contribution < -0.4 is 21.5 Å². The van der Waals surface area contributed by atoms with Crippen molar-refractivity contribution in [2.75, 3.05) is 36.9 Å². The van der Waals surface area contributed by atoms with Crippen LogP contribution in [-0.4, -0.2) is 73.6 Å². The third kappa shape index (κ3) is 5.60. The number of aromatic nitrogens is 4. The highest BCUT2D eigenvalue weighted by Gasteiger charge is 2.28. The van der Waals surface area contributed by atoms with E-state index in [0.29, 0.717) is 42.3 Å². The Kier molecular flexibility index (Phi) is 7.96. The third-order valence-corrected chi connectivity index (χ3v) is 8.98. The number of hydrogen-bond donors (Lipinski definition) is 3. The highest BCUT2D eigenvalue weighted by Crippen LogP contribution is 2.37. The monoisotopic (exact) mass is 656 g/mol. The summed E-state index contributed by atoms with van der Waals surface area (Å²) in [6.45, 7) is 6.35. The molecule has 0 aliphatic carbocycles. The average Bonchev–Trinajstić information content (AvgIpc) is 3.52. The first-order chi connectivity index (χ1) is 21.3. The Hall–Kier alpha value is -4.20. The van der Waals surface area contributed by atoms with Gasteiger partial charge in [0.05, 0.1) is 21.7 Å². The number of nitrogens with zero attached hydrogens (tertiary/aromatic N) is 6. The summed E-state index contributed by atoms with van der Waals surface area (Å²) in [6.07, 6.45) is 2.13. The molecule has 2 amide bonds. The highest BCUT2D eigenvalue weighted by molar-refractivity contribution is 6.34. The number of phenols is 1. The van der Waals surface area contributed by atoms with Gasteiger partial charge in [0.15, 0.2) is 0 Å². The predicted octanol–water partition coefficient (Wildman–Crippen LogP) is 3.48. The number of carbonyl (C=O) groups excluding carboxylic acids is 2. The Bertz CT molecular complexity index is 1940. The van der Waals surface area contributed by atoms with Crippen molar-refractivity contribution in [3.05, 3.63) is 62.1 Å². The number of nitrogens with two attached hydrogens (primary N) is 1. The molecule has 2 unspecified atom stereocenters. The van der Waals surface area contributed by atoms with E-state index < -0.39 is 23.5 Å². The second-order valence-corrected chi connectivity index (χ2v) is 12.6. The van der Waals surface area contributed by atoms with Gasteiger partial charge >= 0.3 is 0 Å². The highest BCUT2D eigenvalue weighted by atomic mass is 35.5. The summed E-state index contributed by atoms with van der Waals surface area (Å²) in [5.74, 6) is -1.72. The molecule has 2 aliphatic heterocycles. The molecule has 45 heavy (non-hydrogen) atoms. The minimum absolute atomic E-state index is 0.0585. The van der Waals surface area contributed by atoms with Gasteiger partial charge in [0.2, 0.25) is 11.9 Å². The molecule has 5 heterocycles. The number of hydrogen-bond acceptors (Lipinski definition) is 8. The first-order valence-electron chi connectivity index (χ1n) is 14.4. The Morgan fingerprint density at radius 2 is 1.91 bits per heavy atom. The summed E-state index contributed by atoms with van der Waals surface area (Å²) in [5.41, 5.74) is 5.89. The van der Waals surface area contributed by atoms with Crippen LogP contribution >= 0.6 is 23.2 Å². The number of aromatic hydroxyl groups is 1. The lowest BCUT2D eigenvalue weighted by molar-refractivity contribution is -0.116. The summed E-state index contributed by atoms with van der Waals surface area (Å²) in [7, 11) is 2.01. The third-order valence-electron chi connectivity index (χ3n) is 8.34. The van der Waals surface area contributed by atoms with Crippen LogP contribution in [0, 0.1) is 11.9 Å². The molecule has 0 bridgehead atoms. The molecule has 2 aliphatic rings. The van der Waals surface area contributed by atoms with Gasteiger partial charge in [0.25, 0.3) is 11.5 Å². The van der Waals surface area contributed by atoms with E-state index >= 15 is 0 Å². The molecule has 4 aromatic rings. The van der Waals surface area contributed by atoms with Crippen LogP contribution in [0.1, 0.15) is 30.0 Å². The number of amides is 2. The number of likely N-dealkylation sites (N-methyl/N-ethyl adjacent to an activating group) is 1. The smallest absolute Gasteiger partial charge is 0.263 e. The van der Waals surface area contributed by atoms with Crippen LogP contribution in [0.5, 0.6) is 5.75 Å². The number of primary amides is 1. The second-order valence-electron chi connectivity index (χ2n) is 11.8. The van der Waals surface area contributed by atoms with Crippen LogP contribution in [0.15, 0.2) is 29.2 Å². The second kappa shape index (κ2) is 11.6.